The number of hydrogen-bond donors (Lipinski definition) is 1. The van der Waals surface area contributed by atoms with Crippen molar-refractivity contribution in [2.45, 2.75) is 19.4 Å². The third kappa shape index (κ3) is 4.06. The number of nitrogens with one attached hydrogen (secondary N) is 1. The minimum atomic E-state index is -0.654. The largest absolute Gasteiger partial charge is 0.465 e. The van der Waals surface area contributed by atoms with E-state index in [1.165, 1.54) is 36.1 Å². The lowest BCUT2D eigenvalue weighted by Crippen LogP contribution is -2.17. The van der Waals surface area contributed by atoms with Gasteiger partial charge in [0.1, 0.15) is 4.88 Å². The van der Waals surface area contributed by atoms with E-state index in [0.29, 0.717) is 11.9 Å². The van der Waals surface area contributed by atoms with Gasteiger partial charge in [0.05, 0.1) is 29.8 Å². The normalized spacial score (nSPS) is 10.8. The third-order valence-electron chi connectivity index (χ3n) is 3.79. The monoisotopic (exact) mass is 406 g/mol. The number of carbonyl (C=O) groups is 2. The molecule has 0 aliphatic heterocycles. The highest BCUT2D eigenvalue weighted by Crippen LogP contribution is 2.21. The van der Waals surface area contributed by atoms with Crippen molar-refractivity contribution in [2.24, 2.45) is 0 Å². The molecule has 0 fully saturated rings. The van der Waals surface area contributed by atoms with Crippen molar-refractivity contribution < 1.29 is 23.7 Å². The quantitative estimate of drug-likeness (QED) is 0.357. The fourth-order valence-electron chi connectivity index (χ4n) is 2.49. The first kappa shape index (κ1) is 19.2. The van der Waals surface area contributed by atoms with Gasteiger partial charge in [0.15, 0.2) is 10.7 Å². The number of aryl methyl sites for hydroxylation is 1. The van der Waals surface area contributed by atoms with E-state index in [1.807, 2.05) is 0 Å². The number of nitro groups is 1. The summed E-state index contributed by atoms with van der Waals surface area (Å²) in [5.41, 5.74) is 0.350. The summed E-state index contributed by atoms with van der Waals surface area (Å²) in [6.07, 6.45) is 1.73. The van der Waals surface area contributed by atoms with Gasteiger partial charge in [-0.3, -0.25) is 19.5 Å². The molecule has 0 saturated heterocycles. The first-order valence-electron chi connectivity index (χ1n) is 8.01. The van der Waals surface area contributed by atoms with E-state index in [4.69, 9.17) is 4.42 Å². The predicted octanol–water partition coefficient (Wildman–Crippen LogP) is 2.16. The minimum Gasteiger partial charge on any atom is -0.465 e. The number of esters is 1. The maximum atomic E-state index is 12.0. The van der Waals surface area contributed by atoms with Crippen LogP contribution in [0.25, 0.3) is 11.1 Å². The van der Waals surface area contributed by atoms with E-state index in [2.05, 4.69) is 15.0 Å². The van der Waals surface area contributed by atoms with E-state index in [-0.39, 0.29) is 40.2 Å². The minimum absolute atomic E-state index is 0.0965. The maximum absolute atomic E-state index is 12.0. The number of anilines is 1. The zero-order valence-corrected chi connectivity index (χ0v) is 15.4. The fourth-order valence-corrected chi connectivity index (χ4v) is 3.24. The number of methoxy groups -OCH3 is 1. The van der Waals surface area contributed by atoms with E-state index in [0.717, 1.165) is 11.3 Å². The molecule has 0 aliphatic rings. The number of carbonyl (C=O) groups excluding carboxylic acids is 2. The van der Waals surface area contributed by atoms with Crippen LogP contribution in [0.15, 0.2) is 33.6 Å². The van der Waals surface area contributed by atoms with Crippen LogP contribution in [-0.2, 0) is 16.1 Å². The van der Waals surface area contributed by atoms with E-state index in [9.17, 15) is 24.5 Å². The molecular weight excluding hydrogens is 392 g/mol. The zero-order chi connectivity index (χ0) is 20.3. The Morgan fingerprint density at radius 2 is 2.21 bits per heavy atom. The molecule has 11 nitrogen and oxygen atoms in total. The molecule has 0 atom stereocenters. The number of aromatic nitrogens is 2. The van der Waals surface area contributed by atoms with Crippen molar-refractivity contribution in [3.05, 3.63) is 49.9 Å². The molecule has 0 saturated carbocycles. The number of nitrogens with zero attached hydrogens (tertiary/aromatic N) is 3. The Labute approximate surface area is 160 Å². The molecule has 3 aromatic rings. The summed E-state index contributed by atoms with van der Waals surface area (Å²) in [6.45, 7) is 0.197. The van der Waals surface area contributed by atoms with Crippen LogP contribution in [-0.4, -0.2) is 33.5 Å². The van der Waals surface area contributed by atoms with Crippen LogP contribution in [0.2, 0.25) is 0 Å². The number of thiazole rings is 1. The second kappa shape index (κ2) is 8.00. The van der Waals surface area contributed by atoms with Crippen LogP contribution in [0.5, 0.6) is 0 Å². The van der Waals surface area contributed by atoms with Crippen LogP contribution in [0.1, 0.15) is 22.5 Å². The van der Waals surface area contributed by atoms with Crippen molar-refractivity contribution in [3.63, 3.8) is 0 Å². The summed E-state index contributed by atoms with van der Waals surface area (Å²) in [5.74, 6) is -1.52. The average molecular weight is 406 g/mol. The highest BCUT2D eigenvalue weighted by molar-refractivity contribution is 7.17. The molecule has 0 unspecified atom stereocenters. The van der Waals surface area contributed by atoms with Gasteiger partial charge in [-0.2, -0.15) is 0 Å². The van der Waals surface area contributed by atoms with Gasteiger partial charge in [0.2, 0.25) is 5.91 Å². The van der Waals surface area contributed by atoms with Crippen LogP contribution in [0.4, 0.5) is 10.8 Å². The van der Waals surface area contributed by atoms with Crippen LogP contribution < -0.4 is 11.1 Å². The maximum Gasteiger partial charge on any atom is 0.419 e. The Morgan fingerprint density at radius 1 is 1.43 bits per heavy atom. The Kier molecular flexibility index (Phi) is 5.49. The summed E-state index contributed by atoms with van der Waals surface area (Å²) in [6, 6.07) is 3.89. The van der Waals surface area contributed by atoms with Crippen LogP contribution in [0, 0.1) is 10.1 Å². The lowest BCUT2D eigenvalue weighted by molar-refractivity contribution is -0.384. The van der Waals surface area contributed by atoms with Gasteiger partial charge in [-0.25, -0.2) is 14.6 Å². The van der Waals surface area contributed by atoms with Gasteiger partial charge in [-0.1, -0.05) is 11.3 Å². The van der Waals surface area contributed by atoms with Crippen molar-refractivity contribution in [1.82, 2.24) is 9.55 Å². The van der Waals surface area contributed by atoms with Crippen molar-refractivity contribution in [2.75, 3.05) is 12.4 Å². The highest BCUT2D eigenvalue weighted by Gasteiger charge is 2.15. The first-order valence-corrected chi connectivity index (χ1v) is 8.82. The number of ether oxygens (including phenoxy) is 1. The molecule has 0 radical (unpaired) electrons. The molecule has 0 aliphatic carbocycles. The Bertz CT molecular complexity index is 1110. The summed E-state index contributed by atoms with van der Waals surface area (Å²) in [5, 5.41) is 13.6. The molecule has 12 heteroatoms. The summed E-state index contributed by atoms with van der Waals surface area (Å²) in [4.78, 5) is 49.7. The number of non-ortho nitro benzene ring substituents is 1. The lowest BCUT2D eigenvalue weighted by atomic mass is 10.2. The van der Waals surface area contributed by atoms with Crippen molar-refractivity contribution >= 4 is 45.1 Å². The average Bonchev–Trinajstić information content (AvgIpc) is 3.25. The molecule has 1 amide bonds. The second-order valence-electron chi connectivity index (χ2n) is 5.60. The number of benzene rings is 1. The molecule has 1 aromatic carbocycles. The molecule has 0 bridgehead atoms. The topological polar surface area (TPSA) is 147 Å². The SMILES string of the molecule is COC(=O)c1cnc(NC(=O)CCCn2c(=O)oc3cc([N+](=O)[O-])ccc32)s1. The number of oxazole rings is 1. The molecular formula is C16H14N4O7S. The number of amides is 1. The fraction of sp³-hybridized carbons (Fsp3) is 0.250. The Morgan fingerprint density at radius 3 is 2.93 bits per heavy atom. The third-order valence-corrected chi connectivity index (χ3v) is 4.68. The number of rotatable bonds is 7. The van der Waals surface area contributed by atoms with Gasteiger partial charge >= 0.3 is 11.7 Å². The Hall–Kier alpha value is -3.54. The molecule has 146 valence electrons. The number of nitro benzene ring substituents is 1. The molecule has 1 N–H and O–H groups in total. The van der Waals surface area contributed by atoms with E-state index < -0.39 is 16.6 Å². The van der Waals surface area contributed by atoms with Gasteiger partial charge in [0, 0.05) is 19.0 Å². The highest BCUT2D eigenvalue weighted by atomic mass is 32.1. The van der Waals surface area contributed by atoms with E-state index in [1.54, 1.807) is 0 Å². The zero-order valence-electron chi connectivity index (χ0n) is 14.5. The molecule has 3 rings (SSSR count). The number of hydrogen-bond acceptors (Lipinski definition) is 9. The van der Waals surface area contributed by atoms with E-state index >= 15 is 0 Å². The molecule has 2 aromatic heterocycles. The summed E-state index contributed by atoms with van der Waals surface area (Å²) in [7, 11) is 1.25. The number of fused-ring (bicyclic) bond motifs is 1. The van der Waals surface area contributed by atoms with Crippen LogP contribution >= 0.6 is 11.3 Å². The second-order valence-corrected chi connectivity index (χ2v) is 6.63. The van der Waals surface area contributed by atoms with Crippen molar-refractivity contribution in [3.8, 4) is 0 Å². The van der Waals surface area contributed by atoms with Gasteiger partial charge in [0.25, 0.3) is 5.69 Å². The van der Waals surface area contributed by atoms with Gasteiger partial charge < -0.3 is 14.5 Å². The van der Waals surface area contributed by atoms with Crippen LogP contribution in [0.3, 0.4) is 0 Å². The first-order chi connectivity index (χ1) is 13.4. The lowest BCUT2D eigenvalue weighted by Gasteiger charge is -2.03. The smallest absolute Gasteiger partial charge is 0.419 e. The molecule has 2 heterocycles. The molecule has 28 heavy (non-hydrogen) atoms. The molecule has 0 spiro atoms. The summed E-state index contributed by atoms with van der Waals surface area (Å²) < 4.78 is 10.9. The Balaban J connectivity index is 1.60. The van der Waals surface area contributed by atoms with Gasteiger partial charge in [-0.05, 0) is 12.5 Å². The summed E-state index contributed by atoms with van der Waals surface area (Å²) >= 11 is 0.990. The van der Waals surface area contributed by atoms with Crippen molar-refractivity contribution in [1.29, 1.82) is 0 Å². The predicted molar refractivity (Wildman–Crippen MR) is 98.4 cm³/mol. The standard InChI is InChI=1S/C16H14N4O7S/c1-26-14(22)12-8-17-15(28-12)18-13(21)3-2-6-19-10-5-4-9(20(24)25)7-11(10)27-16(19)23/h4-5,7-8H,2-3,6H2,1H3,(H,17,18,21). The van der Waals surface area contributed by atoms with Gasteiger partial charge in [-0.15, -0.1) is 0 Å².